The van der Waals surface area contributed by atoms with E-state index in [0.717, 1.165) is 44.4 Å². The van der Waals surface area contributed by atoms with Crippen molar-refractivity contribution in [1.29, 1.82) is 0 Å². The Morgan fingerprint density at radius 2 is 1.44 bits per heavy atom. The number of halogens is 2. The largest absolute Gasteiger partial charge is 0.422 e. The molecule has 17 nitrogen and oxygen atoms in total. The zero-order chi connectivity index (χ0) is 50.9. The van der Waals surface area contributed by atoms with Gasteiger partial charge in [-0.2, -0.15) is 0 Å². The monoisotopic (exact) mass is 1030 g/mol. The van der Waals surface area contributed by atoms with Gasteiger partial charge in [0.15, 0.2) is 5.75 Å². The zero-order valence-electron chi connectivity index (χ0n) is 40.2. The van der Waals surface area contributed by atoms with Gasteiger partial charge in [0.1, 0.15) is 12.1 Å². The molecule has 10 rings (SSSR count). The number of H-pyrrole nitrogens is 1. The van der Waals surface area contributed by atoms with Crippen LogP contribution < -0.4 is 30.3 Å². The van der Waals surface area contributed by atoms with E-state index in [2.05, 4.69) is 20.9 Å². The summed E-state index contributed by atoms with van der Waals surface area (Å²) < 4.78 is 18.0. The summed E-state index contributed by atoms with van der Waals surface area (Å²) in [6.07, 6.45) is 7.06. The molecule has 71 heavy (non-hydrogen) atoms. The number of amides is 7. The summed E-state index contributed by atoms with van der Waals surface area (Å²) in [5.41, 5.74) is 3.27. The number of nitrogens with one attached hydrogen (secondary N) is 4. The predicted octanol–water partition coefficient (Wildman–Crippen LogP) is 7.10. The van der Waals surface area contributed by atoms with Gasteiger partial charge in [0.25, 0.3) is 11.8 Å². The van der Waals surface area contributed by atoms with Crippen LogP contribution >= 0.6 is 30.8 Å². The van der Waals surface area contributed by atoms with Gasteiger partial charge in [-0.15, -0.1) is 23.2 Å². The van der Waals surface area contributed by atoms with Crippen molar-refractivity contribution in [3.05, 3.63) is 71.4 Å². The maximum Gasteiger partial charge on any atom is 0.373 e. The Kier molecular flexibility index (Phi) is 13.5. The minimum atomic E-state index is -3.97. The van der Waals surface area contributed by atoms with Gasteiger partial charge in [-0.05, 0) is 80.0 Å². The van der Waals surface area contributed by atoms with Gasteiger partial charge in [-0.25, -0.2) is 4.57 Å². The molecule has 4 aromatic rings. The Morgan fingerprint density at radius 1 is 0.845 bits per heavy atom. The summed E-state index contributed by atoms with van der Waals surface area (Å²) in [6.45, 7) is 9.05. The lowest BCUT2D eigenvalue weighted by molar-refractivity contribution is -0.205. The lowest BCUT2D eigenvalue weighted by atomic mass is 9.34. The standard InChI is InChI=1S/C51H58Cl2N7O10P/c1-27(2)44(57-38(61)13-7-6-10-16-58-39(62)14-15-40(58)63)47(65)55-29(4)46(64)56-34-17-35-42(33-12-9-8-11-32(33)34)30(19-52)22-59(35)48(66)50-24-51(25-50,26-50)49(67)60-23-31(20-53)43-36(60)18-37(70-71(5,68)69)45-41(43)28(3)21-54-45/h8-9,11-12,14-15,17-18,21,27,29-31,44,54H,6-7,10,13,16,19-20,22-26H2,1-5H3,(H,55,65)(H,56,64)(H,57,61)(H,68,69)/t29-,30+,31+,44-,50?,51?/m0/s1. The molecule has 5 atom stereocenters. The second kappa shape index (κ2) is 19.0. The van der Waals surface area contributed by atoms with Crippen LogP contribution in [0.3, 0.4) is 0 Å². The number of aromatic amines is 1. The molecule has 0 saturated heterocycles. The lowest BCUT2D eigenvalue weighted by Gasteiger charge is -2.69. The average Bonchev–Trinajstić information content (AvgIpc) is 4.06. The van der Waals surface area contributed by atoms with Gasteiger partial charge in [0.2, 0.25) is 29.5 Å². The van der Waals surface area contributed by atoms with Crippen molar-refractivity contribution in [2.45, 2.75) is 96.6 Å². The molecule has 3 aliphatic carbocycles. The van der Waals surface area contributed by atoms with E-state index in [1.54, 1.807) is 48.9 Å². The molecule has 2 bridgehead atoms. The molecule has 0 spiro atoms. The molecular formula is C51H58Cl2N7O10P. The summed E-state index contributed by atoms with van der Waals surface area (Å²) in [6, 6.07) is 9.02. The van der Waals surface area contributed by atoms with Gasteiger partial charge < -0.3 is 40.2 Å². The van der Waals surface area contributed by atoms with Crippen LogP contribution in [-0.4, -0.2) is 106 Å². The zero-order valence-corrected chi connectivity index (χ0v) is 42.6. The topological polar surface area (TPSA) is 228 Å². The number of nitrogens with zero attached hydrogens (tertiary/aromatic N) is 3. The number of unbranched alkanes of at least 4 members (excludes halogenated alkanes) is 2. The quantitative estimate of drug-likeness (QED) is 0.0294. The van der Waals surface area contributed by atoms with Crippen molar-refractivity contribution in [3.8, 4) is 5.75 Å². The Labute approximate surface area is 420 Å². The third-order valence-electron chi connectivity index (χ3n) is 14.9. The van der Waals surface area contributed by atoms with Crippen LogP contribution in [0.15, 0.2) is 54.7 Å². The van der Waals surface area contributed by atoms with Gasteiger partial charge in [0.05, 0.1) is 27.7 Å². The Hall–Kier alpha value is -5.74. The molecule has 376 valence electrons. The van der Waals surface area contributed by atoms with Crippen LogP contribution in [0.25, 0.3) is 21.7 Å². The summed E-state index contributed by atoms with van der Waals surface area (Å²) in [5.74, 6) is -2.39. The first-order chi connectivity index (χ1) is 33.7. The van der Waals surface area contributed by atoms with Gasteiger partial charge >= 0.3 is 7.60 Å². The van der Waals surface area contributed by atoms with Crippen molar-refractivity contribution in [3.63, 3.8) is 0 Å². The molecule has 4 heterocycles. The fourth-order valence-corrected chi connectivity index (χ4v) is 12.6. The Morgan fingerprint density at radius 3 is 2.03 bits per heavy atom. The van der Waals surface area contributed by atoms with Crippen molar-refractivity contribution in [1.82, 2.24) is 20.5 Å². The number of anilines is 3. The van der Waals surface area contributed by atoms with Crippen molar-refractivity contribution >= 4 is 111 Å². The Bertz CT molecular complexity index is 2970. The molecule has 3 saturated carbocycles. The highest BCUT2D eigenvalue weighted by atomic mass is 35.5. The minimum Gasteiger partial charge on any atom is -0.422 e. The summed E-state index contributed by atoms with van der Waals surface area (Å²) in [7, 11) is -3.97. The maximum atomic E-state index is 14.9. The molecule has 1 unspecified atom stereocenters. The van der Waals surface area contributed by atoms with E-state index in [0.29, 0.717) is 74.2 Å². The van der Waals surface area contributed by atoms with Gasteiger partial charge in [0, 0.05) is 97.2 Å². The summed E-state index contributed by atoms with van der Waals surface area (Å²) >= 11 is 13.2. The maximum absolute atomic E-state index is 14.9. The number of carbonyl (C=O) groups excluding carboxylic acids is 7. The van der Waals surface area contributed by atoms with Crippen LogP contribution in [0, 0.1) is 23.7 Å². The van der Waals surface area contributed by atoms with Gasteiger partial charge in [-0.3, -0.25) is 38.5 Å². The van der Waals surface area contributed by atoms with E-state index in [-0.39, 0.29) is 77.8 Å². The molecule has 0 radical (unpaired) electrons. The number of benzene rings is 3. The van der Waals surface area contributed by atoms with E-state index in [4.69, 9.17) is 27.7 Å². The highest BCUT2D eigenvalue weighted by Gasteiger charge is 2.76. The number of aryl methyl sites for hydroxylation is 1. The van der Waals surface area contributed by atoms with Crippen LogP contribution in [0.1, 0.15) is 94.2 Å². The molecular weight excluding hydrogens is 972 g/mol. The highest BCUT2D eigenvalue weighted by Crippen LogP contribution is 2.75. The molecule has 20 heteroatoms. The third kappa shape index (κ3) is 9.01. The molecule has 3 fully saturated rings. The first-order valence-corrected chi connectivity index (χ1v) is 27.2. The van der Waals surface area contributed by atoms with Crippen molar-refractivity contribution in [2.75, 3.05) is 53.2 Å². The van der Waals surface area contributed by atoms with Crippen LogP contribution in [-0.2, 0) is 38.1 Å². The second-order valence-electron chi connectivity index (χ2n) is 20.4. The molecule has 5 N–H and O–H groups in total. The molecule has 1 aromatic heterocycles. The van der Waals surface area contributed by atoms with E-state index in [1.165, 1.54) is 12.2 Å². The number of hydrogen-bond acceptors (Lipinski definition) is 9. The number of rotatable bonds is 18. The molecule has 3 aliphatic heterocycles. The number of carbonyl (C=O) groups is 7. The number of alkyl halides is 2. The molecule has 6 aliphatic rings. The van der Waals surface area contributed by atoms with Crippen LogP contribution in [0.2, 0.25) is 0 Å². The first-order valence-electron chi connectivity index (χ1n) is 24.1. The molecule has 7 amide bonds. The number of hydrogen-bond donors (Lipinski definition) is 5. The van der Waals surface area contributed by atoms with Crippen molar-refractivity contribution in [2.24, 2.45) is 16.7 Å². The summed E-state index contributed by atoms with van der Waals surface area (Å²) in [4.78, 5) is 112. The predicted molar refractivity (Wildman–Crippen MR) is 271 cm³/mol. The Balaban J connectivity index is 0.872. The number of aromatic nitrogens is 1. The molecule has 3 aromatic carbocycles. The van der Waals surface area contributed by atoms with E-state index in [1.807, 2.05) is 31.2 Å². The lowest BCUT2D eigenvalue weighted by Crippen LogP contribution is -2.73. The highest BCUT2D eigenvalue weighted by molar-refractivity contribution is 7.52. The smallest absolute Gasteiger partial charge is 0.373 e. The fourth-order valence-electron chi connectivity index (χ4n) is 11.5. The number of fused-ring (bicyclic) bond motifs is 6. The number of imide groups is 1. The van der Waals surface area contributed by atoms with E-state index in [9.17, 15) is 43.0 Å². The van der Waals surface area contributed by atoms with Crippen LogP contribution in [0.5, 0.6) is 5.75 Å². The normalized spacial score (nSPS) is 23.5. The minimum absolute atomic E-state index is 0.119. The first kappa shape index (κ1) is 50.2. The summed E-state index contributed by atoms with van der Waals surface area (Å²) in [5, 5.41) is 10.9. The second-order valence-corrected chi connectivity index (χ2v) is 22.8. The third-order valence-corrected chi connectivity index (χ3v) is 16.2. The fraction of sp³-hybridized carbons (Fsp3) is 0.471. The van der Waals surface area contributed by atoms with Gasteiger partial charge in [-0.1, -0.05) is 44.5 Å². The van der Waals surface area contributed by atoms with Crippen LogP contribution in [0.4, 0.5) is 17.1 Å². The van der Waals surface area contributed by atoms with E-state index >= 15 is 0 Å². The SMILES string of the molecule is Cc1c[nH]c2c(OP(C)(=O)O)cc3c(c12)[C@H](CCl)CN3C(=O)C12CC(C(=O)N3C[C@@H](CCl)c4c3cc(NC(=O)[C@H](C)NC(=O)[C@@H](NC(=O)CCCCCN3C(=O)C=CC3=O)C(C)C)c3ccccc43)(C1)C2. The van der Waals surface area contributed by atoms with Crippen molar-refractivity contribution < 1.29 is 47.5 Å². The van der Waals surface area contributed by atoms with E-state index < -0.39 is 42.3 Å². The average molecular weight is 1030 g/mol.